The Labute approximate surface area is 103 Å². The van der Waals surface area contributed by atoms with Gasteiger partial charge < -0.3 is 10.1 Å². The second-order valence-electron chi connectivity index (χ2n) is 3.92. The lowest BCUT2D eigenvalue weighted by molar-refractivity contribution is 0.277. The van der Waals surface area contributed by atoms with Gasteiger partial charge >= 0.3 is 0 Å². The fraction of sp³-hybridized carbons (Fsp3) is 0.636. The van der Waals surface area contributed by atoms with E-state index in [0.717, 1.165) is 12.8 Å². The van der Waals surface area contributed by atoms with E-state index < -0.39 is 10.0 Å². The van der Waals surface area contributed by atoms with Gasteiger partial charge in [-0.05, 0) is 18.9 Å². The molecule has 0 spiro atoms. The van der Waals surface area contributed by atoms with Gasteiger partial charge in [0.15, 0.2) is 0 Å². The van der Waals surface area contributed by atoms with Crippen molar-refractivity contribution in [3.05, 3.63) is 18.0 Å². The molecular formula is C11H20N2O3S. The molecule has 0 saturated heterocycles. The molecule has 1 aromatic rings. The molecular weight excluding hydrogens is 240 g/mol. The average Bonchev–Trinajstić information content (AvgIpc) is 2.78. The molecule has 0 aliphatic heterocycles. The maximum atomic E-state index is 12.3. The van der Waals surface area contributed by atoms with Gasteiger partial charge in [0.25, 0.3) is 0 Å². The fourth-order valence-electron chi connectivity index (χ4n) is 1.66. The summed E-state index contributed by atoms with van der Waals surface area (Å²) in [4.78, 5) is 2.97. The van der Waals surface area contributed by atoms with Crippen LogP contribution in [-0.4, -0.2) is 35.9 Å². The molecule has 0 aliphatic rings. The second-order valence-corrected chi connectivity index (χ2v) is 5.86. The highest BCUT2D eigenvalue weighted by Crippen LogP contribution is 2.17. The monoisotopic (exact) mass is 260 g/mol. The molecule has 98 valence electrons. The van der Waals surface area contributed by atoms with Crippen molar-refractivity contribution in [2.75, 3.05) is 13.1 Å². The van der Waals surface area contributed by atoms with E-state index in [9.17, 15) is 8.42 Å². The number of H-pyrrole nitrogens is 1. The molecule has 5 nitrogen and oxygen atoms in total. The number of nitrogens with one attached hydrogen (secondary N) is 1. The highest BCUT2D eigenvalue weighted by atomic mass is 32.2. The van der Waals surface area contributed by atoms with Gasteiger partial charge in [0.1, 0.15) is 0 Å². The SMILES string of the molecule is CCCN(CCC)S(=O)(=O)c1c[nH]c(CO)c1. The maximum absolute atomic E-state index is 12.3. The Morgan fingerprint density at radius 3 is 2.29 bits per heavy atom. The Morgan fingerprint density at radius 2 is 1.88 bits per heavy atom. The predicted octanol–water partition coefficient (Wildman–Crippen LogP) is 1.32. The topological polar surface area (TPSA) is 73.4 Å². The van der Waals surface area contributed by atoms with Crippen molar-refractivity contribution in [2.24, 2.45) is 0 Å². The Hall–Kier alpha value is -0.850. The zero-order valence-electron chi connectivity index (χ0n) is 10.3. The number of hydrogen-bond acceptors (Lipinski definition) is 3. The summed E-state index contributed by atoms with van der Waals surface area (Å²) in [6.45, 7) is 4.77. The number of aromatic nitrogens is 1. The molecule has 0 aromatic carbocycles. The lowest BCUT2D eigenvalue weighted by Gasteiger charge is -2.19. The molecule has 0 atom stereocenters. The third kappa shape index (κ3) is 3.31. The van der Waals surface area contributed by atoms with E-state index in [1.807, 2.05) is 13.8 Å². The number of aliphatic hydroxyl groups excluding tert-OH is 1. The molecule has 0 bridgehead atoms. The number of rotatable bonds is 7. The third-order valence-corrected chi connectivity index (χ3v) is 4.35. The molecule has 17 heavy (non-hydrogen) atoms. The number of nitrogens with zero attached hydrogens (tertiary/aromatic N) is 1. The molecule has 6 heteroatoms. The van der Waals surface area contributed by atoms with Gasteiger partial charge in [-0.1, -0.05) is 13.8 Å². The van der Waals surface area contributed by atoms with Crippen LogP contribution in [0.5, 0.6) is 0 Å². The maximum Gasteiger partial charge on any atom is 0.244 e. The van der Waals surface area contributed by atoms with Crippen molar-refractivity contribution in [3.8, 4) is 0 Å². The van der Waals surface area contributed by atoms with Gasteiger partial charge in [-0.25, -0.2) is 8.42 Å². The van der Waals surface area contributed by atoms with Crippen molar-refractivity contribution in [1.29, 1.82) is 0 Å². The first-order valence-corrected chi connectivity index (χ1v) is 7.28. The van der Waals surface area contributed by atoms with Crippen LogP contribution in [0.4, 0.5) is 0 Å². The first kappa shape index (κ1) is 14.2. The fourth-order valence-corrected chi connectivity index (χ4v) is 3.30. The second kappa shape index (κ2) is 6.18. The predicted molar refractivity (Wildman–Crippen MR) is 66.1 cm³/mol. The van der Waals surface area contributed by atoms with Crippen LogP contribution >= 0.6 is 0 Å². The van der Waals surface area contributed by atoms with Crippen molar-refractivity contribution in [1.82, 2.24) is 9.29 Å². The van der Waals surface area contributed by atoms with Crippen molar-refractivity contribution < 1.29 is 13.5 Å². The summed E-state index contributed by atoms with van der Waals surface area (Å²) in [6.07, 6.45) is 3.01. The molecule has 2 N–H and O–H groups in total. The van der Waals surface area contributed by atoms with Crippen LogP contribution < -0.4 is 0 Å². The largest absolute Gasteiger partial charge is 0.390 e. The molecule has 0 radical (unpaired) electrons. The van der Waals surface area contributed by atoms with Crippen LogP contribution in [0.15, 0.2) is 17.2 Å². The van der Waals surface area contributed by atoms with Gasteiger partial charge in [0, 0.05) is 25.0 Å². The van der Waals surface area contributed by atoms with E-state index in [1.54, 1.807) is 0 Å². The standard InChI is InChI=1S/C11H20N2O3S/c1-3-5-13(6-4-2)17(15,16)11-7-10(9-14)12-8-11/h7-8,12,14H,3-6,9H2,1-2H3. The highest BCUT2D eigenvalue weighted by Gasteiger charge is 2.23. The molecule has 0 fully saturated rings. The van der Waals surface area contributed by atoms with Crippen molar-refractivity contribution in [3.63, 3.8) is 0 Å². The lowest BCUT2D eigenvalue weighted by Crippen LogP contribution is -2.32. The van der Waals surface area contributed by atoms with Gasteiger partial charge in [-0.15, -0.1) is 0 Å². The minimum absolute atomic E-state index is 0.183. The van der Waals surface area contributed by atoms with Gasteiger partial charge in [-0.3, -0.25) is 0 Å². The minimum atomic E-state index is -3.42. The van der Waals surface area contributed by atoms with E-state index in [2.05, 4.69) is 4.98 Å². The van der Waals surface area contributed by atoms with E-state index in [-0.39, 0.29) is 11.5 Å². The van der Waals surface area contributed by atoms with E-state index in [0.29, 0.717) is 18.8 Å². The normalized spacial score (nSPS) is 12.2. The molecule has 0 unspecified atom stereocenters. The quantitative estimate of drug-likeness (QED) is 0.776. The molecule has 0 saturated carbocycles. The smallest absolute Gasteiger partial charge is 0.244 e. The Morgan fingerprint density at radius 1 is 1.29 bits per heavy atom. The average molecular weight is 260 g/mol. The molecule has 1 heterocycles. The van der Waals surface area contributed by atoms with E-state index >= 15 is 0 Å². The lowest BCUT2D eigenvalue weighted by atomic mass is 10.4. The van der Waals surface area contributed by atoms with E-state index in [1.165, 1.54) is 16.6 Å². The minimum Gasteiger partial charge on any atom is -0.390 e. The van der Waals surface area contributed by atoms with Gasteiger partial charge in [-0.2, -0.15) is 4.31 Å². The Bertz CT molecular complexity index is 433. The van der Waals surface area contributed by atoms with Crippen LogP contribution in [0, 0.1) is 0 Å². The van der Waals surface area contributed by atoms with Gasteiger partial charge in [0.05, 0.1) is 11.5 Å². The van der Waals surface area contributed by atoms with Crippen LogP contribution in [0.2, 0.25) is 0 Å². The summed E-state index contributed by atoms with van der Waals surface area (Å²) >= 11 is 0. The summed E-state index contributed by atoms with van der Waals surface area (Å²) in [7, 11) is -3.42. The first-order chi connectivity index (χ1) is 8.06. The van der Waals surface area contributed by atoms with Crippen LogP contribution in [-0.2, 0) is 16.6 Å². The van der Waals surface area contributed by atoms with Crippen LogP contribution in [0.25, 0.3) is 0 Å². The summed E-state index contributed by atoms with van der Waals surface area (Å²) in [5.41, 5.74) is 0.511. The molecule has 0 aliphatic carbocycles. The summed E-state index contributed by atoms with van der Waals surface area (Å²) in [5.74, 6) is 0. The summed E-state index contributed by atoms with van der Waals surface area (Å²) in [6, 6.07) is 1.48. The Kier molecular flexibility index (Phi) is 5.17. The van der Waals surface area contributed by atoms with E-state index in [4.69, 9.17) is 5.11 Å². The van der Waals surface area contributed by atoms with Crippen LogP contribution in [0.3, 0.4) is 0 Å². The zero-order chi connectivity index (χ0) is 12.9. The summed E-state index contributed by atoms with van der Waals surface area (Å²) in [5, 5.41) is 8.92. The number of hydrogen-bond donors (Lipinski definition) is 2. The number of aromatic amines is 1. The first-order valence-electron chi connectivity index (χ1n) is 5.84. The Balaban J connectivity index is 2.98. The third-order valence-electron chi connectivity index (χ3n) is 2.47. The molecule has 1 aromatic heterocycles. The van der Waals surface area contributed by atoms with Crippen molar-refractivity contribution in [2.45, 2.75) is 38.2 Å². The zero-order valence-corrected chi connectivity index (χ0v) is 11.1. The summed E-state index contributed by atoms with van der Waals surface area (Å²) < 4.78 is 26.0. The molecule has 0 amide bonds. The number of aliphatic hydroxyl groups is 1. The van der Waals surface area contributed by atoms with Gasteiger partial charge in [0.2, 0.25) is 10.0 Å². The number of sulfonamides is 1. The van der Waals surface area contributed by atoms with Crippen LogP contribution in [0.1, 0.15) is 32.4 Å². The molecule has 1 rings (SSSR count). The highest BCUT2D eigenvalue weighted by molar-refractivity contribution is 7.89. The van der Waals surface area contributed by atoms with Crippen molar-refractivity contribution >= 4 is 10.0 Å².